The third-order valence-electron chi connectivity index (χ3n) is 1.86. The van der Waals surface area contributed by atoms with Crippen LogP contribution in [0, 0.1) is 6.07 Å². The van der Waals surface area contributed by atoms with E-state index in [9.17, 15) is 9.59 Å². The average molecular weight is 250 g/mol. The van der Waals surface area contributed by atoms with Gasteiger partial charge in [0.05, 0.1) is 12.7 Å². The number of rotatable bonds is 2. The number of anilines is 1. The number of carbonyl (C=O) groups excluding carboxylic acids is 2. The molecule has 0 saturated heterocycles. The summed E-state index contributed by atoms with van der Waals surface area (Å²) in [5.74, 6) is -0.487. The Balaban J connectivity index is 2.74. The molecule has 1 N–H and O–H groups in total. The first-order valence-electron chi connectivity index (χ1n) is 5.41. The van der Waals surface area contributed by atoms with E-state index in [1.807, 2.05) is 0 Å². The van der Waals surface area contributed by atoms with Crippen molar-refractivity contribution >= 4 is 17.7 Å². The summed E-state index contributed by atoms with van der Waals surface area (Å²) in [6.45, 7) is 5.30. The van der Waals surface area contributed by atoms with Crippen LogP contribution in [0.25, 0.3) is 0 Å². The number of ether oxygens (including phenoxy) is 2. The second-order valence-electron chi connectivity index (χ2n) is 4.63. The predicted octanol–water partition coefficient (Wildman–Crippen LogP) is 2.62. The van der Waals surface area contributed by atoms with Crippen molar-refractivity contribution in [2.24, 2.45) is 0 Å². The zero-order chi connectivity index (χ0) is 13.8. The lowest BCUT2D eigenvalue weighted by molar-refractivity contribution is 0.0596. The van der Waals surface area contributed by atoms with Crippen LogP contribution in [0.5, 0.6) is 0 Å². The molecule has 1 rings (SSSR count). The van der Waals surface area contributed by atoms with Crippen molar-refractivity contribution in [3.63, 3.8) is 0 Å². The van der Waals surface area contributed by atoms with Crippen molar-refractivity contribution in [3.8, 4) is 0 Å². The van der Waals surface area contributed by atoms with Crippen LogP contribution in [0.15, 0.2) is 18.2 Å². The highest BCUT2D eigenvalue weighted by atomic mass is 16.6. The molecule has 1 aromatic carbocycles. The normalized spacial score (nSPS) is 10.7. The summed E-state index contributed by atoms with van der Waals surface area (Å²) in [5.41, 5.74) is 0.159. The fraction of sp³-hybridized carbons (Fsp3) is 0.385. The van der Waals surface area contributed by atoms with Gasteiger partial charge >= 0.3 is 12.1 Å². The number of nitrogens with one attached hydrogen (secondary N) is 1. The fourth-order valence-electron chi connectivity index (χ4n) is 1.20. The second-order valence-corrected chi connectivity index (χ2v) is 4.63. The summed E-state index contributed by atoms with van der Waals surface area (Å²) >= 11 is 0. The van der Waals surface area contributed by atoms with E-state index in [1.54, 1.807) is 20.8 Å². The Morgan fingerprint density at radius 3 is 2.50 bits per heavy atom. The van der Waals surface area contributed by atoms with E-state index in [-0.39, 0.29) is 0 Å². The molecule has 18 heavy (non-hydrogen) atoms. The molecule has 0 bridgehead atoms. The van der Waals surface area contributed by atoms with Gasteiger partial charge in [0.1, 0.15) is 5.60 Å². The lowest BCUT2D eigenvalue weighted by Gasteiger charge is -2.19. The van der Waals surface area contributed by atoms with E-state index >= 15 is 0 Å². The van der Waals surface area contributed by atoms with Crippen molar-refractivity contribution in [2.75, 3.05) is 12.4 Å². The van der Waals surface area contributed by atoms with Gasteiger partial charge in [-0.1, -0.05) is 0 Å². The number of hydrogen-bond donors (Lipinski definition) is 1. The van der Waals surface area contributed by atoms with Gasteiger partial charge in [0, 0.05) is 5.69 Å². The van der Waals surface area contributed by atoms with Gasteiger partial charge in [-0.2, -0.15) is 0 Å². The van der Waals surface area contributed by atoms with Crippen molar-refractivity contribution in [1.29, 1.82) is 0 Å². The van der Waals surface area contributed by atoms with E-state index in [1.165, 1.54) is 25.3 Å². The Bertz CT molecular complexity index is 449. The minimum Gasteiger partial charge on any atom is -0.465 e. The first-order chi connectivity index (χ1) is 8.31. The van der Waals surface area contributed by atoms with E-state index in [4.69, 9.17) is 4.74 Å². The maximum Gasteiger partial charge on any atom is 0.412 e. The molecule has 1 aromatic rings. The molecule has 1 radical (unpaired) electrons. The van der Waals surface area contributed by atoms with Crippen molar-refractivity contribution < 1.29 is 19.1 Å². The smallest absolute Gasteiger partial charge is 0.412 e. The summed E-state index contributed by atoms with van der Waals surface area (Å²) in [6, 6.07) is 7.25. The van der Waals surface area contributed by atoms with Crippen LogP contribution >= 0.6 is 0 Å². The molecular formula is C13H16NO4. The van der Waals surface area contributed by atoms with Gasteiger partial charge in [0.25, 0.3) is 0 Å². The molecule has 1 amide bonds. The Kier molecular flexibility index (Phi) is 4.31. The zero-order valence-electron chi connectivity index (χ0n) is 10.9. The van der Waals surface area contributed by atoms with Crippen LogP contribution in [0.2, 0.25) is 0 Å². The molecule has 5 nitrogen and oxygen atoms in total. The number of amides is 1. The highest BCUT2D eigenvalue weighted by Gasteiger charge is 2.16. The van der Waals surface area contributed by atoms with Gasteiger partial charge in [-0.05, 0) is 45.0 Å². The van der Waals surface area contributed by atoms with Gasteiger partial charge in [-0.25, -0.2) is 9.59 Å². The van der Waals surface area contributed by atoms with E-state index < -0.39 is 17.7 Å². The molecule has 0 aliphatic rings. The Morgan fingerprint density at radius 1 is 1.28 bits per heavy atom. The quantitative estimate of drug-likeness (QED) is 0.819. The van der Waals surface area contributed by atoms with Crippen LogP contribution in [-0.2, 0) is 9.47 Å². The van der Waals surface area contributed by atoms with Crippen molar-refractivity contribution in [1.82, 2.24) is 0 Å². The van der Waals surface area contributed by atoms with Crippen LogP contribution in [0.4, 0.5) is 10.5 Å². The average Bonchev–Trinajstić information content (AvgIpc) is 2.25. The number of benzene rings is 1. The molecule has 5 heteroatoms. The minimum atomic E-state index is -0.585. The summed E-state index contributed by atoms with van der Waals surface area (Å²) in [5, 5.41) is 2.52. The first-order valence-corrected chi connectivity index (χ1v) is 5.41. The summed E-state index contributed by atoms with van der Waals surface area (Å²) in [4.78, 5) is 22.8. The van der Waals surface area contributed by atoms with Crippen LogP contribution in [0.1, 0.15) is 31.1 Å². The number of esters is 1. The highest BCUT2D eigenvalue weighted by molar-refractivity contribution is 5.92. The van der Waals surface area contributed by atoms with E-state index in [2.05, 4.69) is 16.1 Å². The lowest BCUT2D eigenvalue weighted by atomic mass is 10.2. The summed E-state index contributed by atoms with van der Waals surface area (Å²) in [6.07, 6.45) is -0.585. The maximum absolute atomic E-state index is 11.5. The van der Waals surface area contributed by atoms with Gasteiger partial charge < -0.3 is 9.47 Å². The number of hydrogen-bond acceptors (Lipinski definition) is 4. The second kappa shape index (κ2) is 5.53. The molecule has 0 unspecified atom stereocenters. The predicted molar refractivity (Wildman–Crippen MR) is 66.5 cm³/mol. The van der Waals surface area contributed by atoms with Crippen LogP contribution in [0.3, 0.4) is 0 Å². The Morgan fingerprint density at radius 2 is 1.94 bits per heavy atom. The summed E-state index contributed by atoms with van der Waals surface area (Å²) < 4.78 is 9.66. The first kappa shape index (κ1) is 14.0. The molecule has 0 atom stereocenters. The zero-order valence-corrected chi connectivity index (χ0v) is 10.9. The van der Waals surface area contributed by atoms with Gasteiger partial charge in [0.2, 0.25) is 0 Å². The molecule has 0 aliphatic carbocycles. The van der Waals surface area contributed by atoms with E-state index in [0.717, 1.165) is 0 Å². The molecule has 0 fully saturated rings. The maximum atomic E-state index is 11.5. The van der Waals surface area contributed by atoms with E-state index in [0.29, 0.717) is 11.3 Å². The third-order valence-corrected chi connectivity index (χ3v) is 1.86. The highest BCUT2D eigenvalue weighted by Crippen LogP contribution is 2.13. The molecule has 0 aliphatic heterocycles. The van der Waals surface area contributed by atoms with Gasteiger partial charge in [0.15, 0.2) is 0 Å². The molecular weight excluding hydrogens is 234 g/mol. The SMILES string of the molecule is COC(=O)c1c[c]cc(NC(=O)OC(C)(C)C)c1. The van der Waals surface area contributed by atoms with Gasteiger partial charge in [-0.3, -0.25) is 5.32 Å². The molecule has 0 aromatic heterocycles. The number of methoxy groups -OCH3 is 1. The Labute approximate surface area is 106 Å². The van der Waals surface area contributed by atoms with Crippen LogP contribution < -0.4 is 5.32 Å². The molecule has 0 heterocycles. The Hall–Kier alpha value is -2.04. The van der Waals surface area contributed by atoms with Crippen LogP contribution in [-0.4, -0.2) is 24.8 Å². The monoisotopic (exact) mass is 250 g/mol. The molecule has 0 spiro atoms. The molecule has 0 saturated carbocycles. The topological polar surface area (TPSA) is 64.6 Å². The summed E-state index contributed by atoms with van der Waals surface area (Å²) in [7, 11) is 1.29. The number of carbonyl (C=O) groups is 2. The fourth-order valence-corrected chi connectivity index (χ4v) is 1.20. The van der Waals surface area contributed by atoms with Gasteiger partial charge in [-0.15, -0.1) is 0 Å². The largest absolute Gasteiger partial charge is 0.465 e. The van der Waals surface area contributed by atoms with Crippen molar-refractivity contribution in [2.45, 2.75) is 26.4 Å². The minimum absolute atomic E-state index is 0.311. The lowest BCUT2D eigenvalue weighted by Crippen LogP contribution is -2.27. The third kappa shape index (κ3) is 4.45. The standard InChI is InChI=1S/C13H16NO4/c1-13(2,3)18-12(16)14-10-7-5-6-9(8-10)11(15)17-4/h6-8H,1-4H3,(H,14,16). The van der Waals surface area contributed by atoms with Crippen molar-refractivity contribution in [3.05, 3.63) is 29.8 Å². The molecule has 97 valence electrons.